The van der Waals surface area contributed by atoms with Crippen molar-refractivity contribution in [2.24, 2.45) is 0 Å². The maximum absolute atomic E-state index is 5.11. The maximum Gasteiger partial charge on any atom is 0.0934 e. The molecule has 8 aromatic carbocycles. The number of para-hydroxylation sites is 2. The Hall–Kier alpha value is -7.23. The summed E-state index contributed by atoms with van der Waals surface area (Å²) in [6.07, 6.45) is 0. The quantitative estimate of drug-likeness (QED) is 0.163. The standard InChI is InChI=1S/C51H35N3/c1-3-15-38(16-4-1)48-35-51(39-17-5-2-6-18-39)54(52-48)41-33-29-37(30-34-41)43-20-8-10-22-45(43)44-21-9-7-19-42(44)36-27-31-40(32-28-36)53-49-25-13-11-23-46(49)47-24-12-14-26-50(47)53/h1-35H. The minimum atomic E-state index is 0.948. The molecule has 2 aromatic heterocycles. The first-order chi connectivity index (χ1) is 26.8. The molecule has 0 N–H and O–H groups in total. The van der Waals surface area contributed by atoms with Gasteiger partial charge in [0.15, 0.2) is 0 Å². The van der Waals surface area contributed by atoms with Gasteiger partial charge in [0.25, 0.3) is 0 Å². The van der Waals surface area contributed by atoms with E-state index in [-0.39, 0.29) is 0 Å². The van der Waals surface area contributed by atoms with Crippen LogP contribution >= 0.6 is 0 Å². The van der Waals surface area contributed by atoms with Crippen molar-refractivity contribution in [2.45, 2.75) is 0 Å². The first kappa shape index (κ1) is 31.5. The van der Waals surface area contributed by atoms with Crippen LogP contribution < -0.4 is 0 Å². The van der Waals surface area contributed by atoms with Crippen molar-refractivity contribution in [1.29, 1.82) is 0 Å². The van der Waals surface area contributed by atoms with E-state index in [1.807, 2.05) is 6.07 Å². The van der Waals surface area contributed by atoms with Crippen LogP contribution in [0.25, 0.3) is 89.1 Å². The third-order valence-corrected chi connectivity index (χ3v) is 10.4. The van der Waals surface area contributed by atoms with Gasteiger partial charge in [-0.25, -0.2) is 4.68 Å². The number of hydrogen-bond acceptors (Lipinski definition) is 1. The maximum atomic E-state index is 5.11. The van der Waals surface area contributed by atoms with Gasteiger partial charge >= 0.3 is 0 Å². The summed E-state index contributed by atoms with van der Waals surface area (Å²) in [7, 11) is 0. The van der Waals surface area contributed by atoms with Gasteiger partial charge in [-0.1, -0.05) is 170 Å². The molecule has 0 bridgehead atoms. The molecule has 0 radical (unpaired) electrons. The Labute approximate surface area is 314 Å². The van der Waals surface area contributed by atoms with Gasteiger partial charge in [-0.2, -0.15) is 5.10 Å². The van der Waals surface area contributed by atoms with E-state index in [0.29, 0.717) is 0 Å². The van der Waals surface area contributed by atoms with Gasteiger partial charge in [0.05, 0.1) is 28.1 Å². The molecule has 3 nitrogen and oxygen atoms in total. The molecule has 10 rings (SSSR count). The summed E-state index contributed by atoms with van der Waals surface area (Å²) in [6.45, 7) is 0. The summed E-state index contributed by atoms with van der Waals surface area (Å²) in [5, 5.41) is 7.64. The van der Waals surface area contributed by atoms with Gasteiger partial charge in [-0.3, -0.25) is 0 Å². The highest BCUT2D eigenvalue weighted by molar-refractivity contribution is 6.09. The van der Waals surface area contributed by atoms with E-state index in [0.717, 1.165) is 39.5 Å². The SMILES string of the molecule is c1ccc(-c2cc(-c3ccccc3)n(-c3ccc(-c4ccccc4-c4ccccc4-c4ccc(-n5c6ccccc6c6ccccc65)cc4)cc3)n2)cc1. The second-order valence-corrected chi connectivity index (χ2v) is 13.6. The topological polar surface area (TPSA) is 22.8 Å². The monoisotopic (exact) mass is 689 g/mol. The zero-order chi connectivity index (χ0) is 35.8. The molecule has 0 atom stereocenters. The molecular weight excluding hydrogens is 655 g/mol. The van der Waals surface area contributed by atoms with Crippen LogP contribution in [0.4, 0.5) is 0 Å². The van der Waals surface area contributed by atoms with Crippen LogP contribution in [0.1, 0.15) is 0 Å². The first-order valence-corrected chi connectivity index (χ1v) is 18.4. The zero-order valence-electron chi connectivity index (χ0n) is 29.5. The number of fused-ring (bicyclic) bond motifs is 3. The summed E-state index contributed by atoms with van der Waals surface area (Å²) in [6, 6.07) is 75.6. The molecular formula is C51H35N3. The Bertz CT molecular complexity index is 2850. The van der Waals surface area contributed by atoms with Crippen LogP contribution in [0.2, 0.25) is 0 Å². The lowest BCUT2D eigenvalue weighted by Crippen LogP contribution is -1.99. The highest BCUT2D eigenvalue weighted by atomic mass is 15.3. The number of aromatic nitrogens is 3. The molecule has 0 saturated carbocycles. The Morgan fingerprint density at radius 2 is 0.741 bits per heavy atom. The number of benzene rings is 8. The van der Waals surface area contributed by atoms with E-state index in [9.17, 15) is 0 Å². The van der Waals surface area contributed by atoms with E-state index in [4.69, 9.17) is 5.10 Å². The van der Waals surface area contributed by atoms with Crippen molar-refractivity contribution in [3.63, 3.8) is 0 Å². The van der Waals surface area contributed by atoms with Gasteiger partial charge in [0.1, 0.15) is 0 Å². The highest BCUT2D eigenvalue weighted by Gasteiger charge is 2.16. The summed E-state index contributed by atoms with van der Waals surface area (Å²) in [5.41, 5.74) is 15.9. The Kier molecular flexibility index (Phi) is 7.81. The van der Waals surface area contributed by atoms with Gasteiger partial charge in [0, 0.05) is 27.6 Å². The van der Waals surface area contributed by atoms with Gasteiger partial charge in [-0.05, 0) is 75.8 Å². The molecule has 10 aromatic rings. The van der Waals surface area contributed by atoms with E-state index in [1.165, 1.54) is 49.6 Å². The number of rotatable bonds is 7. The van der Waals surface area contributed by atoms with Gasteiger partial charge in [0.2, 0.25) is 0 Å². The fraction of sp³-hybridized carbons (Fsp3) is 0. The third kappa shape index (κ3) is 5.51. The zero-order valence-corrected chi connectivity index (χ0v) is 29.5. The van der Waals surface area contributed by atoms with Crippen molar-refractivity contribution in [3.05, 3.63) is 212 Å². The Morgan fingerprint density at radius 1 is 0.315 bits per heavy atom. The predicted molar refractivity (Wildman–Crippen MR) is 225 cm³/mol. The lowest BCUT2D eigenvalue weighted by molar-refractivity contribution is 0.892. The van der Waals surface area contributed by atoms with Crippen LogP contribution in [0.5, 0.6) is 0 Å². The molecule has 0 aliphatic carbocycles. The lowest BCUT2D eigenvalue weighted by atomic mass is 9.89. The van der Waals surface area contributed by atoms with Crippen LogP contribution in [0.3, 0.4) is 0 Å². The van der Waals surface area contributed by atoms with Gasteiger partial charge < -0.3 is 4.57 Å². The molecule has 0 aliphatic heterocycles. The Balaban J connectivity index is 1.02. The molecule has 54 heavy (non-hydrogen) atoms. The van der Waals surface area contributed by atoms with Crippen LogP contribution in [-0.4, -0.2) is 14.3 Å². The molecule has 0 amide bonds. The minimum absolute atomic E-state index is 0.948. The smallest absolute Gasteiger partial charge is 0.0934 e. The minimum Gasteiger partial charge on any atom is -0.309 e. The first-order valence-electron chi connectivity index (χ1n) is 18.4. The van der Waals surface area contributed by atoms with E-state index < -0.39 is 0 Å². The predicted octanol–water partition coefficient (Wildman–Crippen LogP) is 13.3. The molecule has 3 heteroatoms. The van der Waals surface area contributed by atoms with Crippen LogP contribution in [0, 0.1) is 0 Å². The molecule has 2 heterocycles. The second-order valence-electron chi connectivity index (χ2n) is 13.6. The average molecular weight is 690 g/mol. The van der Waals surface area contributed by atoms with Crippen molar-refractivity contribution in [1.82, 2.24) is 14.3 Å². The van der Waals surface area contributed by atoms with Crippen LogP contribution in [0.15, 0.2) is 212 Å². The largest absolute Gasteiger partial charge is 0.309 e. The molecule has 0 unspecified atom stereocenters. The normalized spacial score (nSPS) is 11.3. The third-order valence-electron chi connectivity index (χ3n) is 10.4. The molecule has 254 valence electrons. The lowest BCUT2D eigenvalue weighted by Gasteiger charge is -2.16. The van der Waals surface area contributed by atoms with Crippen molar-refractivity contribution in [2.75, 3.05) is 0 Å². The van der Waals surface area contributed by atoms with Crippen LogP contribution in [-0.2, 0) is 0 Å². The average Bonchev–Trinajstić information content (AvgIpc) is 3.85. The van der Waals surface area contributed by atoms with E-state index in [1.54, 1.807) is 0 Å². The fourth-order valence-corrected chi connectivity index (χ4v) is 7.85. The van der Waals surface area contributed by atoms with E-state index in [2.05, 4.69) is 216 Å². The molecule has 0 aliphatic rings. The fourth-order valence-electron chi connectivity index (χ4n) is 7.85. The molecule has 0 saturated heterocycles. The summed E-state index contributed by atoms with van der Waals surface area (Å²) >= 11 is 0. The van der Waals surface area contributed by atoms with Crippen molar-refractivity contribution < 1.29 is 0 Å². The van der Waals surface area contributed by atoms with Gasteiger partial charge in [-0.15, -0.1) is 0 Å². The Morgan fingerprint density at radius 3 is 1.28 bits per heavy atom. The highest BCUT2D eigenvalue weighted by Crippen LogP contribution is 2.40. The van der Waals surface area contributed by atoms with Crippen molar-refractivity contribution >= 4 is 21.8 Å². The molecule has 0 spiro atoms. The molecule has 0 fully saturated rings. The number of nitrogens with zero attached hydrogens (tertiary/aromatic N) is 3. The summed E-state index contributed by atoms with van der Waals surface area (Å²) < 4.78 is 4.43. The van der Waals surface area contributed by atoms with E-state index >= 15 is 0 Å². The number of hydrogen-bond donors (Lipinski definition) is 0. The van der Waals surface area contributed by atoms with Crippen molar-refractivity contribution in [3.8, 4) is 67.3 Å². The summed E-state index contributed by atoms with van der Waals surface area (Å²) in [4.78, 5) is 0. The second kappa shape index (κ2) is 13.4. The summed E-state index contributed by atoms with van der Waals surface area (Å²) in [5.74, 6) is 0.